The normalized spacial score (nSPS) is 13.7. The predicted octanol–water partition coefficient (Wildman–Crippen LogP) is 4.47. The molecular weight excluding hydrogens is 434 g/mol. The number of esters is 1. The zero-order chi connectivity index (χ0) is 25.1. The maximum Gasteiger partial charge on any atom is 0.317 e. The highest BCUT2D eigenvalue weighted by atomic mass is 28.3. The molecule has 0 saturated heterocycles. The van der Waals surface area contributed by atoms with Gasteiger partial charge < -0.3 is 19.8 Å². The first-order valence-electron chi connectivity index (χ1n) is 11.4. The van der Waals surface area contributed by atoms with Gasteiger partial charge >= 0.3 is 5.97 Å². The summed E-state index contributed by atoms with van der Waals surface area (Å²) in [6.45, 7) is 15.4. The number of rotatable bonds is 8. The fraction of sp³-hybridized carbons (Fsp3) is 0.462. The van der Waals surface area contributed by atoms with Crippen LogP contribution in [0.15, 0.2) is 42.5 Å². The summed E-state index contributed by atoms with van der Waals surface area (Å²) in [6, 6.07) is 11.7. The number of amides is 1. The van der Waals surface area contributed by atoms with Crippen molar-refractivity contribution in [3.63, 3.8) is 0 Å². The highest BCUT2D eigenvalue weighted by Crippen LogP contribution is 2.30. The Morgan fingerprint density at radius 3 is 1.97 bits per heavy atom. The third-order valence-corrected chi connectivity index (χ3v) is 7.64. The van der Waals surface area contributed by atoms with Crippen molar-refractivity contribution in [2.24, 2.45) is 5.92 Å². The van der Waals surface area contributed by atoms with Crippen LogP contribution in [-0.2, 0) is 4.79 Å². The van der Waals surface area contributed by atoms with E-state index in [1.54, 1.807) is 42.2 Å². The Balaban J connectivity index is 2.55. The molecule has 6 nitrogen and oxygen atoms in total. The Bertz CT molecular complexity index is 974. The summed E-state index contributed by atoms with van der Waals surface area (Å²) in [6.07, 6.45) is -1.05. The number of carbonyl (C=O) groups excluding carboxylic acids is 2. The summed E-state index contributed by atoms with van der Waals surface area (Å²) in [4.78, 5) is 28.4. The number of nitrogens with zero attached hydrogens (tertiary/aromatic N) is 1. The lowest BCUT2D eigenvalue weighted by molar-refractivity contribution is -0.142. The zero-order valence-corrected chi connectivity index (χ0v) is 21.9. The van der Waals surface area contributed by atoms with Gasteiger partial charge in [0.1, 0.15) is 11.5 Å². The van der Waals surface area contributed by atoms with Crippen molar-refractivity contribution in [3.8, 4) is 11.5 Å². The van der Waals surface area contributed by atoms with E-state index in [1.165, 1.54) is 6.07 Å². The second-order valence-electron chi connectivity index (χ2n) is 10.1. The minimum Gasteiger partial charge on any atom is -0.508 e. The van der Waals surface area contributed by atoms with Crippen LogP contribution in [0.2, 0.25) is 19.6 Å². The number of aliphatic hydroxyl groups excluding tert-OH is 1. The van der Waals surface area contributed by atoms with Crippen LogP contribution in [0.5, 0.6) is 11.5 Å². The number of aliphatic hydroxyl groups is 1. The lowest BCUT2D eigenvalue weighted by atomic mass is 9.97. The first-order chi connectivity index (χ1) is 15.3. The topological polar surface area (TPSA) is 87.1 Å². The van der Waals surface area contributed by atoms with Gasteiger partial charge in [0.05, 0.1) is 25.7 Å². The molecule has 2 aromatic rings. The van der Waals surface area contributed by atoms with Crippen molar-refractivity contribution < 1.29 is 24.5 Å². The van der Waals surface area contributed by atoms with Crippen LogP contribution in [0.3, 0.4) is 0 Å². The molecule has 180 valence electrons. The maximum atomic E-state index is 13.6. The Hall–Kier alpha value is -2.64. The number of phenols is 1. The van der Waals surface area contributed by atoms with Crippen molar-refractivity contribution in [1.82, 2.24) is 4.90 Å². The minimum atomic E-state index is -2.14. The van der Waals surface area contributed by atoms with E-state index in [0.717, 1.165) is 0 Å². The first-order valence-corrected chi connectivity index (χ1v) is 14.9. The highest BCUT2D eigenvalue weighted by molar-refractivity contribution is 6.89. The fourth-order valence-electron chi connectivity index (χ4n) is 3.91. The van der Waals surface area contributed by atoms with E-state index < -0.39 is 26.1 Å². The Morgan fingerprint density at radius 2 is 1.48 bits per heavy atom. The number of phenolic OH excluding ortho intramolecular Hbond substituents is 1. The summed E-state index contributed by atoms with van der Waals surface area (Å²) in [5.74, 6) is -1.66. The summed E-state index contributed by atoms with van der Waals surface area (Å²) < 4.78 is 5.87. The van der Waals surface area contributed by atoms with Gasteiger partial charge in [-0.2, -0.15) is 0 Å². The molecule has 0 unspecified atom stereocenters. The van der Waals surface area contributed by atoms with Gasteiger partial charge in [-0.3, -0.25) is 9.59 Å². The van der Waals surface area contributed by atoms with Crippen LogP contribution in [0.25, 0.3) is 0 Å². The molecule has 2 rings (SSSR count). The lowest BCUT2D eigenvalue weighted by Crippen LogP contribution is -2.44. The molecule has 0 heterocycles. The fourth-order valence-corrected chi connectivity index (χ4v) is 5.35. The third kappa shape index (κ3) is 6.24. The van der Waals surface area contributed by atoms with Crippen LogP contribution in [0.4, 0.5) is 0 Å². The van der Waals surface area contributed by atoms with Crippen molar-refractivity contribution >= 4 is 25.1 Å². The molecule has 0 aromatic heterocycles. The van der Waals surface area contributed by atoms with Gasteiger partial charge in [0.15, 0.2) is 0 Å². The molecule has 2 N–H and O–H groups in total. The molecular formula is C26H37NO5Si. The average Bonchev–Trinajstić information content (AvgIpc) is 2.72. The van der Waals surface area contributed by atoms with E-state index in [4.69, 9.17) is 4.74 Å². The quantitative estimate of drug-likeness (QED) is 0.337. The molecule has 7 heteroatoms. The van der Waals surface area contributed by atoms with Gasteiger partial charge in [0.2, 0.25) is 0 Å². The molecule has 0 aliphatic heterocycles. The van der Waals surface area contributed by atoms with Crippen molar-refractivity contribution in [1.29, 1.82) is 0 Å². The van der Waals surface area contributed by atoms with E-state index in [1.807, 2.05) is 33.8 Å². The van der Waals surface area contributed by atoms with E-state index in [9.17, 15) is 19.8 Å². The molecule has 33 heavy (non-hydrogen) atoms. The lowest BCUT2D eigenvalue weighted by Gasteiger charge is -2.32. The van der Waals surface area contributed by atoms with Crippen LogP contribution < -0.4 is 9.92 Å². The Labute approximate surface area is 198 Å². The monoisotopic (exact) mass is 471 g/mol. The smallest absolute Gasteiger partial charge is 0.317 e. The summed E-state index contributed by atoms with van der Waals surface area (Å²) in [7, 11) is -2.14. The van der Waals surface area contributed by atoms with Crippen LogP contribution in [-0.4, -0.2) is 47.1 Å². The van der Waals surface area contributed by atoms with E-state index >= 15 is 0 Å². The molecule has 0 fully saturated rings. The van der Waals surface area contributed by atoms with Gasteiger partial charge in [0.25, 0.3) is 5.91 Å². The number of benzene rings is 2. The van der Waals surface area contributed by atoms with Crippen molar-refractivity contribution in [3.05, 3.63) is 53.6 Å². The van der Waals surface area contributed by atoms with Gasteiger partial charge in [-0.1, -0.05) is 50.0 Å². The number of aromatic hydroxyl groups is 1. The highest BCUT2D eigenvalue weighted by Gasteiger charge is 2.34. The molecule has 0 radical (unpaired) electrons. The van der Waals surface area contributed by atoms with E-state index in [2.05, 4.69) is 19.6 Å². The van der Waals surface area contributed by atoms with Crippen molar-refractivity contribution in [2.45, 2.75) is 72.4 Å². The summed E-state index contributed by atoms with van der Waals surface area (Å²) in [5.41, 5.74) is 0.768. The third-order valence-electron chi connectivity index (χ3n) is 5.65. The first kappa shape index (κ1) is 26.6. The molecule has 0 spiro atoms. The molecule has 0 aliphatic rings. The van der Waals surface area contributed by atoms with Gasteiger partial charge in [-0.25, -0.2) is 0 Å². The molecule has 2 atom stereocenters. The molecule has 0 aliphatic carbocycles. The van der Waals surface area contributed by atoms with Gasteiger partial charge in [-0.05, 0) is 57.5 Å². The van der Waals surface area contributed by atoms with Crippen LogP contribution in [0, 0.1) is 5.92 Å². The molecule has 2 aromatic carbocycles. The minimum absolute atomic E-state index is 0.0413. The summed E-state index contributed by atoms with van der Waals surface area (Å²) in [5, 5.41) is 21.8. The van der Waals surface area contributed by atoms with Gasteiger partial charge in [0, 0.05) is 12.1 Å². The summed E-state index contributed by atoms with van der Waals surface area (Å²) >= 11 is 0. The standard InChI is InChI=1S/C26H37NO5Si/c1-16(2)27(17(3)4)25(30)21-14-20(28)15-22(33(6,7)8)24(21)32-26(31)18(5)23(29)19-12-10-9-11-13-19/h9-18,23,28-29H,1-8H3/t18-,23-/m1/s1. The second-order valence-corrected chi connectivity index (χ2v) is 15.1. The molecule has 0 saturated carbocycles. The molecule has 1 amide bonds. The zero-order valence-electron chi connectivity index (χ0n) is 20.9. The van der Waals surface area contributed by atoms with Crippen molar-refractivity contribution in [2.75, 3.05) is 0 Å². The number of hydrogen-bond acceptors (Lipinski definition) is 5. The largest absolute Gasteiger partial charge is 0.508 e. The average molecular weight is 472 g/mol. The maximum absolute atomic E-state index is 13.6. The second kappa shape index (κ2) is 10.5. The Kier molecular flexibility index (Phi) is 8.49. The van der Waals surface area contributed by atoms with Gasteiger partial charge in [-0.15, -0.1) is 0 Å². The predicted molar refractivity (Wildman–Crippen MR) is 134 cm³/mol. The number of ether oxygens (including phenoxy) is 1. The van der Waals surface area contributed by atoms with E-state index in [-0.39, 0.29) is 35.1 Å². The molecule has 0 bridgehead atoms. The van der Waals surface area contributed by atoms with Crippen LogP contribution >= 0.6 is 0 Å². The number of carbonyl (C=O) groups is 2. The van der Waals surface area contributed by atoms with E-state index in [0.29, 0.717) is 10.8 Å². The SMILES string of the molecule is CC(C)N(C(=O)c1cc(O)cc([Si](C)(C)C)c1OC(=O)[C@H](C)[C@@H](O)c1ccccc1)C(C)C. The van der Waals surface area contributed by atoms with Crippen LogP contribution in [0.1, 0.15) is 56.6 Å². The number of hydrogen-bond donors (Lipinski definition) is 2. The Morgan fingerprint density at radius 1 is 0.939 bits per heavy atom.